The highest BCUT2D eigenvalue weighted by Crippen LogP contribution is 2.24. The van der Waals surface area contributed by atoms with E-state index in [0.717, 1.165) is 5.56 Å². The first-order valence-corrected chi connectivity index (χ1v) is 7.61. The summed E-state index contributed by atoms with van der Waals surface area (Å²) in [5, 5.41) is 4.85. The molecule has 3 rings (SSSR count). The monoisotopic (exact) mass is 344 g/mol. The number of halogens is 2. The van der Waals surface area contributed by atoms with Crippen LogP contribution in [0.3, 0.4) is 0 Å². The minimum atomic E-state index is -0.463. The SMILES string of the molecule is COc1ccc(-c2ccc(=O)n(Cc3cccc(Cl)c3)n2)c(F)c1. The van der Waals surface area contributed by atoms with E-state index < -0.39 is 5.82 Å². The third-order valence-corrected chi connectivity index (χ3v) is 3.78. The Hall–Kier alpha value is -2.66. The molecule has 0 bridgehead atoms. The molecule has 0 spiro atoms. The third kappa shape index (κ3) is 3.46. The molecule has 0 fully saturated rings. The number of hydrogen-bond acceptors (Lipinski definition) is 3. The largest absolute Gasteiger partial charge is 0.497 e. The van der Waals surface area contributed by atoms with Gasteiger partial charge in [-0.05, 0) is 35.9 Å². The van der Waals surface area contributed by atoms with E-state index in [9.17, 15) is 9.18 Å². The lowest BCUT2D eigenvalue weighted by atomic mass is 10.1. The molecule has 0 aliphatic carbocycles. The van der Waals surface area contributed by atoms with E-state index in [1.807, 2.05) is 6.07 Å². The summed E-state index contributed by atoms with van der Waals surface area (Å²) in [5.74, 6) is -0.0432. The van der Waals surface area contributed by atoms with Crippen LogP contribution < -0.4 is 10.3 Å². The van der Waals surface area contributed by atoms with E-state index in [-0.39, 0.29) is 12.1 Å². The first-order valence-electron chi connectivity index (χ1n) is 7.23. The molecule has 1 heterocycles. The lowest BCUT2D eigenvalue weighted by Crippen LogP contribution is -2.22. The van der Waals surface area contributed by atoms with Gasteiger partial charge >= 0.3 is 0 Å². The van der Waals surface area contributed by atoms with Crippen LogP contribution in [0.2, 0.25) is 5.02 Å². The normalized spacial score (nSPS) is 10.6. The molecule has 6 heteroatoms. The number of rotatable bonds is 4. The lowest BCUT2D eigenvalue weighted by Gasteiger charge is -2.09. The van der Waals surface area contributed by atoms with Crippen molar-refractivity contribution in [3.63, 3.8) is 0 Å². The van der Waals surface area contributed by atoms with Gasteiger partial charge in [0.2, 0.25) is 0 Å². The zero-order chi connectivity index (χ0) is 17.1. The Kier molecular flexibility index (Phi) is 4.62. The first-order chi connectivity index (χ1) is 11.6. The number of methoxy groups -OCH3 is 1. The van der Waals surface area contributed by atoms with Crippen molar-refractivity contribution in [2.75, 3.05) is 7.11 Å². The molecule has 24 heavy (non-hydrogen) atoms. The molecule has 1 aromatic heterocycles. The van der Waals surface area contributed by atoms with Crippen LogP contribution in [0.4, 0.5) is 4.39 Å². The standard InChI is InChI=1S/C18H14ClFN2O2/c1-24-14-5-6-15(16(20)10-14)17-7-8-18(23)22(21-17)11-12-3-2-4-13(19)9-12/h2-10H,11H2,1H3. The Morgan fingerprint density at radius 3 is 2.71 bits per heavy atom. The van der Waals surface area contributed by atoms with Gasteiger partial charge in [-0.15, -0.1) is 0 Å². The summed E-state index contributed by atoms with van der Waals surface area (Å²) in [4.78, 5) is 12.0. The maximum atomic E-state index is 14.2. The molecule has 0 aliphatic heterocycles. The van der Waals surface area contributed by atoms with Crippen LogP contribution in [-0.4, -0.2) is 16.9 Å². The van der Waals surface area contributed by atoms with Gasteiger partial charge in [0.25, 0.3) is 5.56 Å². The van der Waals surface area contributed by atoms with Gasteiger partial charge in [-0.3, -0.25) is 4.79 Å². The molecule has 4 nitrogen and oxygen atoms in total. The Morgan fingerprint density at radius 1 is 1.17 bits per heavy atom. The fourth-order valence-electron chi connectivity index (χ4n) is 2.34. The van der Waals surface area contributed by atoms with Gasteiger partial charge < -0.3 is 4.74 Å². The smallest absolute Gasteiger partial charge is 0.267 e. The minimum Gasteiger partial charge on any atom is -0.497 e. The maximum Gasteiger partial charge on any atom is 0.267 e. The van der Waals surface area contributed by atoms with Crippen LogP contribution >= 0.6 is 11.6 Å². The van der Waals surface area contributed by atoms with Crippen LogP contribution in [0, 0.1) is 5.82 Å². The molecule has 0 aliphatic rings. The quantitative estimate of drug-likeness (QED) is 0.724. The minimum absolute atomic E-state index is 0.255. The molecule has 122 valence electrons. The highest BCUT2D eigenvalue weighted by molar-refractivity contribution is 6.30. The zero-order valence-electron chi connectivity index (χ0n) is 12.9. The van der Waals surface area contributed by atoms with Crippen molar-refractivity contribution in [2.45, 2.75) is 6.54 Å². The summed E-state index contributed by atoms with van der Waals surface area (Å²) in [6, 6.07) is 14.5. The molecule has 0 saturated carbocycles. The van der Waals surface area contributed by atoms with Gasteiger partial charge in [0.05, 0.1) is 19.3 Å². The third-order valence-electron chi connectivity index (χ3n) is 3.54. The fourth-order valence-corrected chi connectivity index (χ4v) is 2.56. The number of hydrogen-bond donors (Lipinski definition) is 0. The number of benzene rings is 2. The van der Waals surface area contributed by atoms with E-state index in [2.05, 4.69) is 5.10 Å². The van der Waals surface area contributed by atoms with E-state index in [4.69, 9.17) is 16.3 Å². The van der Waals surface area contributed by atoms with Crippen LogP contribution in [0.15, 0.2) is 59.4 Å². The van der Waals surface area contributed by atoms with Crippen molar-refractivity contribution < 1.29 is 9.13 Å². The first kappa shape index (κ1) is 16.2. The second-order valence-electron chi connectivity index (χ2n) is 5.19. The van der Waals surface area contributed by atoms with E-state index in [1.165, 1.54) is 30.0 Å². The van der Waals surface area contributed by atoms with Gasteiger partial charge in [-0.25, -0.2) is 9.07 Å². The van der Waals surface area contributed by atoms with Crippen molar-refractivity contribution >= 4 is 11.6 Å². The van der Waals surface area contributed by atoms with Crippen molar-refractivity contribution in [2.24, 2.45) is 0 Å². The average molecular weight is 345 g/mol. The zero-order valence-corrected chi connectivity index (χ0v) is 13.6. The van der Waals surface area contributed by atoms with Crippen molar-refractivity contribution in [1.29, 1.82) is 0 Å². The number of nitrogens with zero attached hydrogens (tertiary/aromatic N) is 2. The predicted octanol–water partition coefficient (Wildman–Crippen LogP) is 3.76. The summed E-state index contributed by atoms with van der Waals surface area (Å²) < 4.78 is 20.5. The van der Waals surface area contributed by atoms with Crippen LogP contribution in [0.5, 0.6) is 5.75 Å². The maximum absolute atomic E-state index is 14.2. The predicted molar refractivity (Wildman–Crippen MR) is 91.0 cm³/mol. The Morgan fingerprint density at radius 2 is 2.00 bits per heavy atom. The number of aromatic nitrogens is 2. The molecule has 0 saturated heterocycles. The Labute approximate surface area is 143 Å². The van der Waals surface area contributed by atoms with Gasteiger partial charge in [0.1, 0.15) is 11.6 Å². The van der Waals surface area contributed by atoms with Crippen molar-refractivity contribution in [3.8, 4) is 17.0 Å². The van der Waals surface area contributed by atoms with Gasteiger partial charge in [-0.2, -0.15) is 5.10 Å². The molecule has 0 radical (unpaired) electrons. The molecule has 0 amide bonds. The van der Waals surface area contributed by atoms with Crippen LogP contribution in [-0.2, 0) is 6.54 Å². The van der Waals surface area contributed by atoms with Gasteiger partial charge in [0, 0.05) is 22.7 Å². The molecule has 0 N–H and O–H groups in total. The fraction of sp³-hybridized carbons (Fsp3) is 0.111. The molecule has 0 unspecified atom stereocenters. The molecular formula is C18H14ClFN2O2. The Balaban J connectivity index is 1.99. The summed E-state index contributed by atoms with van der Waals surface area (Å²) in [5.41, 5.74) is 1.24. The number of ether oxygens (including phenoxy) is 1. The highest BCUT2D eigenvalue weighted by atomic mass is 35.5. The van der Waals surface area contributed by atoms with Gasteiger partial charge in [-0.1, -0.05) is 23.7 Å². The van der Waals surface area contributed by atoms with Crippen molar-refractivity contribution in [1.82, 2.24) is 9.78 Å². The second kappa shape index (κ2) is 6.84. The topological polar surface area (TPSA) is 44.1 Å². The summed E-state index contributed by atoms with van der Waals surface area (Å²) in [6.45, 7) is 0.255. The lowest BCUT2D eigenvalue weighted by molar-refractivity contribution is 0.411. The Bertz CT molecular complexity index is 940. The molecular weight excluding hydrogens is 331 g/mol. The molecule has 3 aromatic rings. The molecule has 2 aromatic carbocycles. The average Bonchev–Trinajstić information content (AvgIpc) is 2.57. The van der Waals surface area contributed by atoms with E-state index >= 15 is 0 Å². The van der Waals surface area contributed by atoms with Crippen molar-refractivity contribution in [3.05, 3.63) is 81.4 Å². The summed E-state index contributed by atoms with van der Waals surface area (Å²) in [7, 11) is 1.47. The second-order valence-corrected chi connectivity index (χ2v) is 5.63. The van der Waals surface area contributed by atoms with E-state index in [0.29, 0.717) is 22.0 Å². The van der Waals surface area contributed by atoms with E-state index in [1.54, 1.807) is 30.3 Å². The van der Waals surface area contributed by atoms with Crippen LogP contribution in [0.25, 0.3) is 11.3 Å². The summed E-state index contributed by atoms with van der Waals surface area (Å²) >= 11 is 5.96. The molecule has 0 atom stereocenters. The highest BCUT2D eigenvalue weighted by Gasteiger charge is 2.10. The van der Waals surface area contributed by atoms with Gasteiger partial charge in [0.15, 0.2) is 0 Å². The van der Waals surface area contributed by atoms with Crippen LogP contribution in [0.1, 0.15) is 5.56 Å². The summed E-state index contributed by atoms with van der Waals surface area (Å²) in [6.07, 6.45) is 0.